The molecule has 1 saturated heterocycles. The summed E-state index contributed by atoms with van der Waals surface area (Å²) in [5, 5.41) is 3.53. The van der Waals surface area contributed by atoms with Crippen molar-refractivity contribution in [2.45, 2.75) is 77.2 Å². The average Bonchev–Trinajstić information content (AvgIpc) is 3.11. The second kappa shape index (κ2) is 8.66. The summed E-state index contributed by atoms with van der Waals surface area (Å²) < 4.78 is 0. The number of carbonyl (C=O) groups is 1. The summed E-state index contributed by atoms with van der Waals surface area (Å²) in [7, 11) is 0. The van der Waals surface area contributed by atoms with Gasteiger partial charge in [-0.3, -0.25) is 4.79 Å². The van der Waals surface area contributed by atoms with E-state index in [-0.39, 0.29) is 0 Å². The first-order valence-electron chi connectivity index (χ1n) is 8.80. The number of carbonyl (C=O) groups excluding carboxylic acids is 1. The minimum absolute atomic E-state index is 0.405. The molecule has 1 unspecified atom stereocenters. The molecule has 2 rings (SSSR count). The van der Waals surface area contributed by atoms with E-state index >= 15 is 0 Å². The second-order valence-corrected chi connectivity index (χ2v) is 6.70. The van der Waals surface area contributed by atoms with E-state index in [4.69, 9.17) is 0 Å². The van der Waals surface area contributed by atoms with Gasteiger partial charge in [0.05, 0.1) is 0 Å². The molecule has 116 valence electrons. The van der Waals surface area contributed by atoms with Crippen LogP contribution in [0.1, 0.15) is 71.1 Å². The summed E-state index contributed by atoms with van der Waals surface area (Å²) in [6.45, 7) is 5.33. The van der Waals surface area contributed by atoms with Crippen LogP contribution in [0, 0.1) is 5.92 Å². The highest BCUT2D eigenvalue weighted by atomic mass is 16.2. The molecule has 1 aliphatic carbocycles. The lowest BCUT2D eigenvalue weighted by molar-refractivity contribution is -0.131. The number of unbranched alkanes of at least 4 members (excludes halogenated alkanes) is 4. The van der Waals surface area contributed by atoms with Crippen LogP contribution < -0.4 is 5.32 Å². The van der Waals surface area contributed by atoms with E-state index in [1.807, 2.05) is 0 Å². The van der Waals surface area contributed by atoms with Gasteiger partial charge in [-0.15, -0.1) is 0 Å². The minimum atomic E-state index is 0.405. The largest absolute Gasteiger partial charge is 0.341 e. The number of rotatable bonds is 10. The van der Waals surface area contributed by atoms with Gasteiger partial charge < -0.3 is 10.2 Å². The molecular formula is C17H32N2O. The number of hydrogen-bond donors (Lipinski definition) is 1. The monoisotopic (exact) mass is 280 g/mol. The Morgan fingerprint density at radius 2 is 1.90 bits per heavy atom. The normalized spacial score (nSPS) is 22.1. The van der Waals surface area contributed by atoms with Crippen molar-refractivity contribution in [3.8, 4) is 0 Å². The molecule has 1 N–H and O–H groups in total. The Balaban J connectivity index is 1.68. The zero-order chi connectivity index (χ0) is 14.2. The number of hydrogen-bond acceptors (Lipinski definition) is 2. The highest BCUT2D eigenvalue weighted by Crippen LogP contribution is 2.30. The smallest absolute Gasteiger partial charge is 0.222 e. The van der Waals surface area contributed by atoms with E-state index in [2.05, 4.69) is 17.1 Å². The zero-order valence-electron chi connectivity index (χ0n) is 13.2. The maximum Gasteiger partial charge on any atom is 0.222 e. The van der Waals surface area contributed by atoms with E-state index in [9.17, 15) is 4.79 Å². The molecule has 0 spiro atoms. The minimum Gasteiger partial charge on any atom is -0.341 e. The van der Waals surface area contributed by atoms with Gasteiger partial charge in [-0.2, -0.15) is 0 Å². The Morgan fingerprint density at radius 3 is 2.55 bits per heavy atom. The summed E-state index contributed by atoms with van der Waals surface area (Å²) in [6, 6.07) is 0.554. The zero-order valence-corrected chi connectivity index (χ0v) is 13.2. The molecular weight excluding hydrogens is 248 g/mol. The van der Waals surface area contributed by atoms with Crippen molar-refractivity contribution >= 4 is 5.91 Å². The van der Waals surface area contributed by atoms with Gasteiger partial charge in [-0.25, -0.2) is 0 Å². The number of nitrogens with one attached hydrogen (secondary N) is 1. The fourth-order valence-corrected chi connectivity index (χ4v) is 3.11. The molecule has 1 aliphatic heterocycles. The van der Waals surface area contributed by atoms with Crippen LogP contribution in [0.2, 0.25) is 0 Å². The lowest BCUT2D eigenvalue weighted by atomic mass is 10.1. The Labute approximate surface area is 124 Å². The van der Waals surface area contributed by atoms with Gasteiger partial charge in [0.1, 0.15) is 0 Å². The lowest BCUT2D eigenvalue weighted by Gasteiger charge is -2.26. The first-order chi connectivity index (χ1) is 9.79. The standard InChI is InChI=1S/C17H32N2O/c1-2-3-4-5-6-9-17(20)19(13-15-10-11-15)14-16-8-7-12-18-16/h15-16,18H,2-14H2,1H3. The molecule has 0 aromatic heterocycles. The molecule has 1 saturated carbocycles. The molecule has 0 aromatic carbocycles. The highest BCUT2D eigenvalue weighted by Gasteiger charge is 2.28. The van der Waals surface area contributed by atoms with Gasteiger partial charge in [-0.1, -0.05) is 32.6 Å². The van der Waals surface area contributed by atoms with Gasteiger partial charge in [0.2, 0.25) is 5.91 Å². The van der Waals surface area contributed by atoms with Gasteiger partial charge in [-0.05, 0) is 44.6 Å². The van der Waals surface area contributed by atoms with Crippen molar-refractivity contribution in [3.63, 3.8) is 0 Å². The molecule has 1 heterocycles. The lowest BCUT2D eigenvalue weighted by Crippen LogP contribution is -2.42. The van der Waals surface area contributed by atoms with Crippen LogP contribution >= 0.6 is 0 Å². The Kier molecular flexibility index (Phi) is 6.85. The maximum atomic E-state index is 12.4. The van der Waals surface area contributed by atoms with E-state index in [0.717, 1.165) is 38.4 Å². The van der Waals surface area contributed by atoms with E-state index in [1.165, 1.54) is 51.4 Å². The van der Waals surface area contributed by atoms with Gasteiger partial charge >= 0.3 is 0 Å². The van der Waals surface area contributed by atoms with Crippen LogP contribution in [-0.2, 0) is 4.79 Å². The van der Waals surface area contributed by atoms with Crippen molar-refractivity contribution in [1.82, 2.24) is 10.2 Å². The molecule has 0 aromatic rings. The quantitative estimate of drug-likeness (QED) is 0.623. The Bertz CT molecular complexity index is 283. The summed E-state index contributed by atoms with van der Waals surface area (Å²) in [5.41, 5.74) is 0. The van der Waals surface area contributed by atoms with Crippen LogP contribution in [0.3, 0.4) is 0 Å². The van der Waals surface area contributed by atoms with E-state index in [0.29, 0.717) is 11.9 Å². The number of nitrogens with zero attached hydrogens (tertiary/aromatic N) is 1. The Hall–Kier alpha value is -0.570. The summed E-state index contributed by atoms with van der Waals surface area (Å²) in [5.74, 6) is 1.21. The fourth-order valence-electron chi connectivity index (χ4n) is 3.11. The molecule has 0 bridgehead atoms. The molecule has 1 amide bonds. The van der Waals surface area contributed by atoms with Gasteiger partial charge in [0.15, 0.2) is 0 Å². The van der Waals surface area contributed by atoms with Gasteiger partial charge in [0.25, 0.3) is 0 Å². The van der Waals surface area contributed by atoms with Crippen LogP contribution in [-0.4, -0.2) is 36.5 Å². The van der Waals surface area contributed by atoms with Crippen LogP contribution in [0.5, 0.6) is 0 Å². The van der Waals surface area contributed by atoms with Gasteiger partial charge in [0, 0.05) is 25.6 Å². The Morgan fingerprint density at radius 1 is 1.10 bits per heavy atom. The van der Waals surface area contributed by atoms with Crippen molar-refractivity contribution in [1.29, 1.82) is 0 Å². The van der Waals surface area contributed by atoms with Crippen LogP contribution in [0.15, 0.2) is 0 Å². The third kappa shape index (κ3) is 5.82. The molecule has 1 atom stereocenters. The average molecular weight is 280 g/mol. The molecule has 3 heteroatoms. The summed E-state index contributed by atoms with van der Waals surface area (Å²) >= 11 is 0. The molecule has 3 nitrogen and oxygen atoms in total. The predicted molar refractivity (Wildman–Crippen MR) is 83.7 cm³/mol. The summed E-state index contributed by atoms with van der Waals surface area (Å²) in [4.78, 5) is 14.6. The van der Waals surface area contributed by atoms with Crippen LogP contribution in [0.25, 0.3) is 0 Å². The predicted octanol–water partition coefficient (Wildman–Crippen LogP) is 3.34. The fraction of sp³-hybridized carbons (Fsp3) is 0.941. The second-order valence-electron chi connectivity index (χ2n) is 6.70. The first-order valence-corrected chi connectivity index (χ1v) is 8.80. The third-order valence-corrected chi connectivity index (χ3v) is 4.63. The molecule has 0 radical (unpaired) electrons. The van der Waals surface area contributed by atoms with Crippen molar-refractivity contribution in [2.24, 2.45) is 5.92 Å². The topological polar surface area (TPSA) is 32.3 Å². The van der Waals surface area contributed by atoms with E-state index < -0.39 is 0 Å². The maximum absolute atomic E-state index is 12.4. The van der Waals surface area contributed by atoms with Crippen molar-refractivity contribution in [2.75, 3.05) is 19.6 Å². The van der Waals surface area contributed by atoms with Crippen molar-refractivity contribution < 1.29 is 4.79 Å². The first kappa shape index (κ1) is 15.8. The third-order valence-electron chi connectivity index (χ3n) is 4.63. The molecule has 20 heavy (non-hydrogen) atoms. The van der Waals surface area contributed by atoms with Crippen molar-refractivity contribution in [3.05, 3.63) is 0 Å². The summed E-state index contributed by atoms with van der Waals surface area (Å²) in [6.07, 6.45) is 12.1. The van der Waals surface area contributed by atoms with Crippen LogP contribution in [0.4, 0.5) is 0 Å². The number of amides is 1. The highest BCUT2D eigenvalue weighted by molar-refractivity contribution is 5.76. The molecule has 2 fully saturated rings. The molecule has 2 aliphatic rings. The SMILES string of the molecule is CCCCCCCC(=O)N(CC1CC1)CC1CCCN1. The van der Waals surface area contributed by atoms with E-state index in [1.54, 1.807) is 0 Å².